The van der Waals surface area contributed by atoms with Gasteiger partial charge in [0.1, 0.15) is 6.61 Å². The molecule has 38 heavy (non-hydrogen) atoms. The van der Waals surface area contributed by atoms with Crippen LogP contribution in [0.15, 0.2) is 14.4 Å². The van der Waals surface area contributed by atoms with E-state index in [2.05, 4.69) is 37.9 Å². The van der Waals surface area contributed by atoms with Gasteiger partial charge in [-0.2, -0.15) is 37.9 Å². The van der Waals surface area contributed by atoms with E-state index in [1.807, 2.05) is 0 Å². The van der Waals surface area contributed by atoms with Crippen LogP contribution >= 0.6 is 37.9 Å². The summed E-state index contributed by atoms with van der Waals surface area (Å²) in [4.78, 5) is 74.2. The van der Waals surface area contributed by atoms with Crippen molar-refractivity contribution >= 4 is 55.8 Å². The zero-order valence-electron chi connectivity index (χ0n) is 21.9. The minimum absolute atomic E-state index is 0.0383. The van der Waals surface area contributed by atoms with Gasteiger partial charge < -0.3 is 14.2 Å². The summed E-state index contributed by atoms with van der Waals surface area (Å²) in [6, 6.07) is 0. The first kappa shape index (κ1) is 33.9. The van der Waals surface area contributed by atoms with Crippen molar-refractivity contribution in [2.75, 3.05) is 19.8 Å². The Morgan fingerprint density at radius 1 is 0.579 bits per heavy atom. The summed E-state index contributed by atoms with van der Waals surface area (Å²) in [7, 11) is 0. The molecule has 0 fully saturated rings. The molecule has 0 amide bonds. The zero-order chi connectivity index (χ0) is 28.8. The van der Waals surface area contributed by atoms with Gasteiger partial charge >= 0.3 is 35.0 Å². The lowest BCUT2D eigenvalue weighted by atomic mass is 10.3. The van der Waals surface area contributed by atoms with Gasteiger partial charge in [0.2, 0.25) is 0 Å². The Morgan fingerprint density at radius 2 is 0.868 bits per heavy atom. The number of ether oxygens (including phenoxy) is 3. The molecule has 1 aromatic rings. The number of esters is 3. The molecule has 216 valence electrons. The zero-order valence-corrected chi connectivity index (χ0v) is 24.6. The van der Waals surface area contributed by atoms with E-state index in [1.165, 1.54) is 0 Å². The number of rotatable bonds is 17. The number of thiol groups is 3. The van der Waals surface area contributed by atoms with Crippen LogP contribution in [0.25, 0.3) is 0 Å². The number of hydrogen-bond acceptors (Lipinski definition) is 12. The van der Waals surface area contributed by atoms with Crippen molar-refractivity contribution in [3.05, 3.63) is 31.5 Å². The van der Waals surface area contributed by atoms with Crippen molar-refractivity contribution in [2.45, 2.75) is 88.3 Å². The number of hydrogen-bond donors (Lipinski definition) is 3. The minimum Gasteiger partial charge on any atom is -0.466 e. The van der Waals surface area contributed by atoms with Crippen LogP contribution in [-0.4, -0.2) is 67.2 Å². The molecule has 0 aliphatic carbocycles. The van der Waals surface area contributed by atoms with Gasteiger partial charge in [0.05, 0.1) is 39.0 Å². The van der Waals surface area contributed by atoms with Gasteiger partial charge in [0, 0.05) is 28.8 Å². The van der Waals surface area contributed by atoms with Gasteiger partial charge in [-0.25, -0.2) is 28.1 Å². The van der Waals surface area contributed by atoms with Crippen molar-refractivity contribution in [1.82, 2.24) is 13.7 Å². The number of aromatic nitrogens is 3. The molecule has 0 saturated heterocycles. The second kappa shape index (κ2) is 17.5. The average molecular weight is 596 g/mol. The van der Waals surface area contributed by atoms with E-state index in [0.717, 1.165) is 13.7 Å². The second-order valence-corrected chi connectivity index (χ2v) is 11.5. The maximum absolute atomic E-state index is 13.0. The summed E-state index contributed by atoms with van der Waals surface area (Å²) in [5.41, 5.74) is -2.60. The quantitative estimate of drug-likeness (QED) is 0.103. The number of nitrogens with zero attached hydrogens (tertiary/aromatic N) is 3. The Kier molecular flexibility index (Phi) is 15.6. The monoisotopic (exact) mass is 595 g/mol. The summed E-state index contributed by atoms with van der Waals surface area (Å²) >= 11 is 12.4. The first-order valence-corrected chi connectivity index (χ1v) is 13.8. The van der Waals surface area contributed by atoms with E-state index in [-0.39, 0.29) is 87.3 Å². The smallest absolute Gasteiger partial charge is 0.336 e. The van der Waals surface area contributed by atoms with Crippen molar-refractivity contribution in [2.24, 2.45) is 0 Å². The molecule has 1 heterocycles. The molecule has 0 radical (unpaired) electrons. The molecule has 0 spiro atoms. The average Bonchev–Trinajstić information content (AvgIpc) is 2.78. The minimum atomic E-state index is -0.876. The van der Waals surface area contributed by atoms with E-state index in [1.54, 1.807) is 20.8 Å². The van der Waals surface area contributed by atoms with E-state index in [4.69, 9.17) is 14.2 Å². The molecule has 1 aromatic heterocycles. The summed E-state index contributed by atoms with van der Waals surface area (Å²) < 4.78 is 17.8. The van der Waals surface area contributed by atoms with E-state index in [9.17, 15) is 28.8 Å². The summed E-state index contributed by atoms with van der Waals surface area (Å²) in [6.45, 7) is 4.37. The van der Waals surface area contributed by atoms with Crippen LogP contribution in [0.1, 0.15) is 52.9 Å². The van der Waals surface area contributed by atoms with Gasteiger partial charge in [0.15, 0.2) is 0 Å². The lowest BCUT2D eigenvalue weighted by Gasteiger charge is -2.15. The normalized spacial score (nSPS) is 13.4. The lowest BCUT2D eigenvalue weighted by Crippen LogP contribution is -2.55. The highest BCUT2D eigenvalue weighted by Crippen LogP contribution is 2.03. The second-order valence-electron chi connectivity index (χ2n) is 8.83. The predicted molar refractivity (Wildman–Crippen MR) is 151 cm³/mol. The van der Waals surface area contributed by atoms with Gasteiger partial charge in [-0.05, 0) is 12.8 Å². The molecule has 3 unspecified atom stereocenters. The number of carbonyl (C=O) groups is 3. The molecule has 3 atom stereocenters. The molecule has 0 saturated carbocycles. The molecular formula is C23H37N3O9S3. The topological polar surface area (TPSA) is 145 Å². The van der Waals surface area contributed by atoms with Gasteiger partial charge in [-0.15, -0.1) is 0 Å². The fourth-order valence-corrected chi connectivity index (χ4v) is 3.67. The Balaban J connectivity index is 3.04. The van der Waals surface area contributed by atoms with Crippen LogP contribution in [0.5, 0.6) is 0 Å². The van der Waals surface area contributed by atoms with Crippen LogP contribution < -0.4 is 17.1 Å². The highest BCUT2D eigenvalue weighted by atomic mass is 32.1. The molecule has 0 aliphatic heterocycles. The highest BCUT2D eigenvalue weighted by molar-refractivity contribution is 7.81. The summed E-state index contributed by atoms with van der Waals surface area (Å²) in [5, 5.41) is -0.572. The van der Waals surface area contributed by atoms with Crippen molar-refractivity contribution in [3.8, 4) is 0 Å². The Labute approximate surface area is 237 Å². The van der Waals surface area contributed by atoms with Gasteiger partial charge in [-0.1, -0.05) is 20.8 Å². The molecular weight excluding hydrogens is 558 g/mol. The molecule has 0 aliphatic rings. The van der Waals surface area contributed by atoms with Crippen molar-refractivity contribution in [3.63, 3.8) is 0 Å². The largest absolute Gasteiger partial charge is 0.466 e. The molecule has 0 aromatic carbocycles. The first-order valence-electron chi connectivity index (χ1n) is 12.3. The van der Waals surface area contributed by atoms with Crippen LogP contribution in [0.3, 0.4) is 0 Å². The first-order chi connectivity index (χ1) is 17.8. The highest BCUT2D eigenvalue weighted by Gasteiger charge is 2.17. The SMILES string of the molecule is CC(S)CC(=O)OCCCn1c(=O)n(CCCOC(=O)CC(C)S)c(=O)n(CCOC(=O)CC(C)S)c1=O. The van der Waals surface area contributed by atoms with Crippen LogP contribution in [0, 0.1) is 0 Å². The number of carbonyl (C=O) groups excluding carboxylic acids is 3. The molecule has 15 heteroatoms. The third kappa shape index (κ3) is 12.6. The van der Waals surface area contributed by atoms with Crippen LogP contribution in [0.4, 0.5) is 0 Å². The fourth-order valence-electron chi connectivity index (χ4n) is 3.22. The van der Waals surface area contributed by atoms with Crippen molar-refractivity contribution < 1.29 is 28.6 Å². The van der Waals surface area contributed by atoms with Crippen LogP contribution in [-0.2, 0) is 48.2 Å². The third-order valence-corrected chi connectivity index (χ3v) is 5.48. The summed E-state index contributed by atoms with van der Waals surface area (Å²) in [6.07, 6.45) is 0.575. The van der Waals surface area contributed by atoms with E-state index >= 15 is 0 Å². The molecule has 12 nitrogen and oxygen atoms in total. The Hall–Kier alpha value is -2.13. The van der Waals surface area contributed by atoms with Crippen molar-refractivity contribution in [1.29, 1.82) is 0 Å². The molecule has 0 bridgehead atoms. The Bertz CT molecular complexity index is 1040. The van der Waals surface area contributed by atoms with Gasteiger partial charge in [-0.3, -0.25) is 14.4 Å². The predicted octanol–water partition coefficient (Wildman–Crippen LogP) is 0.707. The van der Waals surface area contributed by atoms with E-state index in [0.29, 0.717) is 0 Å². The van der Waals surface area contributed by atoms with Crippen LogP contribution in [0.2, 0.25) is 0 Å². The standard InChI is InChI=1S/C23H37N3O9S3/c1-15(36)12-18(27)33-9-4-6-24-21(30)25(7-5-10-34-19(28)13-16(2)37)23(32)26(22(24)31)8-11-35-20(29)14-17(3)38/h15-17,36-38H,4-14H2,1-3H3. The Morgan fingerprint density at radius 3 is 1.18 bits per heavy atom. The van der Waals surface area contributed by atoms with E-state index < -0.39 is 35.0 Å². The summed E-state index contributed by atoms with van der Waals surface area (Å²) in [5.74, 6) is -1.45. The maximum Gasteiger partial charge on any atom is 0.336 e. The van der Waals surface area contributed by atoms with Gasteiger partial charge in [0.25, 0.3) is 0 Å². The fraction of sp³-hybridized carbons (Fsp3) is 0.739. The lowest BCUT2D eigenvalue weighted by molar-refractivity contribution is -0.144. The molecule has 0 N–H and O–H groups in total. The maximum atomic E-state index is 13.0. The third-order valence-electron chi connectivity index (χ3n) is 4.93. The molecule has 1 rings (SSSR count).